The van der Waals surface area contributed by atoms with E-state index in [0.717, 1.165) is 6.29 Å². The van der Waals surface area contributed by atoms with Gasteiger partial charge in [-0.2, -0.15) is 5.10 Å². The lowest BCUT2D eigenvalue weighted by atomic mass is 10.2. The number of hydrogen-bond donors (Lipinski definition) is 1. The van der Waals surface area contributed by atoms with Crippen LogP contribution in [0, 0.1) is 0 Å². The summed E-state index contributed by atoms with van der Waals surface area (Å²) in [6.07, 6.45) is 3.36. The molecule has 6 heteroatoms. The third kappa shape index (κ3) is 5.14. The maximum atomic E-state index is 11.3. The molecule has 94 valence electrons. The van der Waals surface area contributed by atoms with Gasteiger partial charge in [0.25, 0.3) is 0 Å². The quantitative estimate of drug-likeness (QED) is 0.802. The van der Waals surface area contributed by atoms with Gasteiger partial charge in [-0.15, -0.1) is 0 Å². The predicted octanol–water partition coefficient (Wildman–Crippen LogP) is 1.22. The Bertz CT molecular complexity index is 393. The van der Waals surface area contributed by atoms with E-state index in [1.165, 1.54) is 6.20 Å². The van der Waals surface area contributed by atoms with Crippen LogP contribution in [0.1, 0.15) is 31.1 Å². The third-order valence-corrected chi connectivity index (χ3v) is 1.80. The Morgan fingerprint density at radius 2 is 2.29 bits per heavy atom. The van der Waals surface area contributed by atoms with Crippen molar-refractivity contribution in [3.8, 4) is 0 Å². The second-order valence-corrected chi connectivity index (χ2v) is 4.58. The topological polar surface area (TPSA) is 73.2 Å². The van der Waals surface area contributed by atoms with Crippen molar-refractivity contribution in [3.05, 3.63) is 18.0 Å². The highest BCUT2D eigenvalue weighted by atomic mass is 16.6. The van der Waals surface area contributed by atoms with Gasteiger partial charge in [-0.05, 0) is 20.8 Å². The van der Waals surface area contributed by atoms with Crippen LogP contribution in [0.25, 0.3) is 0 Å². The van der Waals surface area contributed by atoms with Gasteiger partial charge in [0.05, 0.1) is 18.3 Å². The van der Waals surface area contributed by atoms with E-state index in [2.05, 4.69) is 10.4 Å². The van der Waals surface area contributed by atoms with E-state index in [0.29, 0.717) is 18.7 Å². The summed E-state index contributed by atoms with van der Waals surface area (Å²) in [6.45, 7) is 6.30. The third-order valence-electron chi connectivity index (χ3n) is 1.80. The zero-order chi connectivity index (χ0) is 12.9. The maximum Gasteiger partial charge on any atom is 0.407 e. The zero-order valence-corrected chi connectivity index (χ0v) is 10.3. The first kappa shape index (κ1) is 13.2. The number of nitrogens with zero attached hydrogens (tertiary/aromatic N) is 2. The Hall–Kier alpha value is -1.85. The van der Waals surface area contributed by atoms with Crippen molar-refractivity contribution in [2.24, 2.45) is 0 Å². The fourth-order valence-corrected chi connectivity index (χ4v) is 1.15. The highest BCUT2D eigenvalue weighted by Gasteiger charge is 2.15. The Labute approximate surface area is 99.9 Å². The van der Waals surface area contributed by atoms with Crippen molar-refractivity contribution in [3.63, 3.8) is 0 Å². The van der Waals surface area contributed by atoms with Crippen molar-refractivity contribution in [2.45, 2.75) is 32.9 Å². The molecule has 1 aromatic rings. The summed E-state index contributed by atoms with van der Waals surface area (Å²) >= 11 is 0. The number of alkyl carbamates (subject to hydrolysis) is 1. The van der Waals surface area contributed by atoms with E-state index in [9.17, 15) is 9.59 Å². The molecular weight excluding hydrogens is 222 g/mol. The second kappa shape index (κ2) is 5.47. The first-order valence-electron chi connectivity index (χ1n) is 5.35. The second-order valence-electron chi connectivity index (χ2n) is 4.58. The van der Waals surface area contributed by atoms with Crippen molar-refractivity contribution in [1.82, 2.24) is 15.1 Å². The number of aromatic nitrogens is 2. The number of rotatable bonds is 4. The maximum absolute atomic E-state index is 11.3. The van der Waals surface area contributed by atoms with E-state index in [1.54, 1.807) is 31.6 Å². The predicted molar refractivity (Wildman–Crippen MR) is 61.9 cm³/mol. The van der Waals surface area contributed by atoms with Crippen molar-refractivity contribution in [1.29, 1.82) is 0 Å². The molecule has 0 spiro atoms. The minimum absolute atomic E-state index is 0.398. The average Bonchev–Trinajstić information content (AvgIpc) is 2.63. The summed E-state index contributed by atoms with van der Waals surface area (Å²) in [7, 11) is 0. The van der Waals surface area contributed by atoms with Crippen LogP contribution in [-0.4, -0.2) is 34.3 Å². The van der Waals surface area contributed by atoms with Crippen molar-refractivity contribution < 1.29 is 14.3 Å². The number of nitrogens with one attached hydrogen (secondary N) is 1. The molecule has 0 bridgehead atoms. The fourth-order valence-electron chi connectivity index (χ4n) is 1.15. The molecule has 1 heterocycles. The molecule has 1 aromatic heterocycles. The summed E-state index contributed by atoms with van der Waals surface area (Å²) in [4.78, 5) is 21.7. The van der Waals surface area contributed by atoms with Gasteiger partial charge in [0, 0.05) is 12.7 Å². The lowest BCUT2D eigenvalue weighted by Crippen LogP contribution is -2.34. The standard InChI is InChI=1S/C11H17N3O3/c1-11(2,3)17-10(16)12-4-5-14-7-9(8-15)6-13-14/h6-8H,4-5H2,1-3H3,(H,12,16). The zero-order valence-electron chi connectivity index (χ0n) is 10.3. The largest absolute Gasteiger partial charge is 0.444 e. The van der Waals surface area contributed by atoms with E-state index in [-0.39, 0.29) is 0 Å². The monoisotopic (exact) mass is 239 g/mol. The molecule has 1 amide bonds. The number of hydrogen-bond acceptors (Lipinski definition) is 4. The van der Waals surface area contributed by atoms with Gasteiger partial charge in [-0.3, -0.25) is 9.48 Å². The number of aldehydes is 1. The van der Waals surface area contributed by atoms with Crippen LogP contribution in [0.2, 0.25) is 0 Å². The highest BCUT2D eigenvalue weighted by molar-refractivity contribution is 5.73. The van der Waals surface area contributed by atoms with Gasteiger partial charge in [0.2, 0.25) is 0 Å². The molecule has 0 aliphatic carbocycles. The molecule has 0 fully saturated rings. The summed E-state index contributed by atoms with van der Waals surface area (Å²) in [5, 5.41) is 6.56. The molecule has 0 aliphatic heterocycles. The van der Waals surface area contributed by atoms with E-state index >= 15 is 0 Å². The van der Waals surface area contributed by atoms with E-state index in [4.69, 9.17) is 4.74 Å². The SMILES string of the molecule is CC(C)(C)OC(=O)NCCn1cc(C=O)cn1. The molecule has 1 rings (SSSR count). The molecule has 6 nitrogen and oxygen atoms in total. The molecule has 0 unspecified atom stereocenters. The molecular formula is C11H17N3O3. The minimum Gasteiger partial charge on any atom is -0.444 e. The first-order valence-corrected chi connectivity index (χ1v) is 5.35. The number of carbonyl (C=O) groups excluding carboxylic acids is 2. The van der Waals surface area contributed by atoms with Crippen LogP contribution in [-0.2, 0) is 11.3 Å². The lowest BCUT2D eigenvalue weighted by Gasteiger charge is -2.19. The van der Waals surface area contributed by atoms with Crippen LogP contribution in [0.5, 0.6) is 0 Å². The molecule has 17 heavy (non-hydrogen) atoms. The van der Waals surface area contributed by atoms with Gasteiger partial charge >= 0.3 is 6.09 Å². The smallest absolute Gasteiger partial charge is 0.407 e. The van der Waals surface area contributed by atoms with Crippen molar-refractivity contribution >= 4 is 12.4 Å². The minimum atomic E-state index is -0.500. The van der Waals surface area contributed by atoms with Gasteiger partial charge in [0.15, 0.2) is 6.29 Å². The van der Waals surface area contributed by atoms with Crippen LogP contribution in [0.3, 0.4) is 0 Å². The Kier molecular flexibility index (Phi) is 4.25. The van der Waals surface area contributed by atoms with Crippen LogP contribution >= 0.6 is 0 Å². The molecule has 0 aromatic carbocycles. The van der Waals surface area contributed by atoms with E-state index < -0.39 is 11.7 Å². The Morgan fingerprint density at radius 3 is 2.82 bits per heavy atom. The van der Waals surface area contributed by atoms with Gasteiger partial charge in [0.1, 0.15) is 5.60 Å². The van der Waals surface area contributed by atoms with Gasteiger partial charge in [-0.25, -0.2) is 4.79 Å². The summed E-state index contributed by atoms with van der Waals surface area (Å²) in [5.74, 6) is 0. The highest BCUT2D eigenvalue weighted by Crippen LogP contribution is 2.06. The number of amides is 1. The van der Waals surface area contributed by atoms with Crippen LogP contribution < -0.4 is 5.32 Å². The molecule has 0 radical (unpaired) electrons. The lowest BCUT2D eigenvalue weighted by molar-refractivity contribution is 0.0525. The van der Waals surface area contributed by atoms with E-state index in [1.807, 2.05) is 0 Å². The molecule has 0 aliphatic rings. The normalized spacial score (nSPS) is 11.0. The summed E-state index contributed by atoms with van der Waals surface area (Å²) in [6, 6.07) is 0. The molecule has 0 saturated carbocycles. The average molecular weight is 239 g/mol. The summed E-state index contributed by atoms with van der Waals surface area (Å²) < 4.78 is 6.65. The molecule has 1 N–H and O–H groups in total. The van der Waals surface area contributed by atoms with Gasteiger partial charge < -0.3 is 10.1 Å². The van der Waals surface area contributed by atoms with Gasteiger partial charge in [-0.1, -0.05) is 0 Å². The Morgan fingerprint density at radius 1 is 1.59 bits per heavy atom. The Balaban J connectivity index is 2.28. The first-order chi connectivity index (χ1) is 7.90. The molecule has 0 saturated heterocycles. The number of ether oxygens (including phenoxy) is 1. The fraction of sp³-hybridized carbons (Fsp3) is 0.545. The van der Waals surface area contributed by atoms with Crippen molar-refractivity contribution in [2.75, 3.05) is 6.54 Å². The summed E-state index contributed by atoms with van der Waals surface area (Å²) in [5.41, 5.74) is 0.0165. The van der Waals surface area contributed by atoms with Crippen LogP contribution in [0.4, 0.5) is 4.79 Å². The number of carbonyl (C=O) groups is 2. The molecule has 0 atom stereocenters. The van der Waals surface area contributed by atoms with Crippen LogP contribution in [0.15, 0.2) is 12.4 Å².